The van der Waals surface area contributed by atoms with Gasteiger partial charge in [0.25, 0.3) is 0 Å². The van der Waals surface area contributed by atoms with Crippen LogP contribution in [0.3, 0.4) is 0 Å². The summed E-state index contributed by atoms with van der Waals surface area (Å²) in [4.78, 5) is 19.2. The zero-order chi connectivity index (χ0) is 22.3. The number of hydrogen-bond donors (Lipinski definition) is 0. The van der Waals surface area contributed by atoms with Gasteiger partial charge >= 0.3 is 5.97 Å². The number of rotatable bonds is 9. The number of methoxy groups -OCH3 is 2. The molecule has 0 N–H and O–H groups in total. The van der Waals surface area contributed by atoms with Crippen molar-refractivity contribution in [2.45, 2.75) is 18.8 Å². The van der Waals surface area contributed by atoms with Gasteiger partial charge in [0, 0.05) is 26.5 Å². The summed E-state index contributed by atoms with van der Waals surface area (Å²) in [7, 11) is 3.33. The molecule has 0 bridgehead atoms. The van der Waals surface area contributed by atoms with Gasteiger partial charge in [-0.25, -0.2) is 9.78 Å². The number of fused-ring (bicyclic) bond motifs is 1. The van der Waals surface area contributed by atoms with Crippen molar-refractivity contribution in [3.63, 3.8) is 0 Å². The Morgan fingerprint density at radius 2 is 1.84 bits per heavy atom. The average molecular weight is 438 g/mol. The van der Waals surface area contributed by atoms with Crippen LogP contribution in [0.4, 0.5) is 0 Å². The fraction of sp³-hybridized carbons (Fsp3) is 0.440. The van der Waals surface area contributed by atoms with Crippen molar-refractivity contribution >= 4 is 17.0 Å². The Morgan fingerprint density at radius 1 is 1.03 bits per heavy atom. The van der Waals surface area contributed by atoms with Crippen LogP contribution in [-0.4, -0.2) is 74.1 Å². The Kier molecular flexibility index (Phi) is 7.52. The van der Waals surface area contributed by atoms with E-state index in [9.17, 15) is 4.79 Å². The lowest BCUT2D eigenvalue weighted by Crippen LogP contribution is -2.35. The number of likely N-dealkylation sites (tertiary alicyclic amines) is 1. The monoisotopic (exact) mass is 437 g/mol. The van der Waals surface area contributed by atoms with Crippen molar-refractivity contribution in [1.29, 1.82) is 0 Å². The molecule has 0 aliphatic carbocycles. The molecule has 0 saturated carbocycles. The van der Waals surface area contributed by atoms with Crippen molar-refractivity contribution < 1.29 is 19.0 Å². The lowest BCUT2D eigenvalue weighted by Gasteiger charge is -2.32. The first-order valence-electron chi connectivity index (χ1n) is 11.1. The van der Waals surface area contributed by atoms with Crippen LogP contribution in [0.5, 0.6) is 0 Å². The van der Waals surface area contributed by atoms with Gasteiger partial charge in [0.15, 0.2) is 0 Å². The van der Waals surface area contributed by atoms with Gasteiger partial charge in [-0.3, -0.25) is 4.57 Å². The number of imidazole rings is 1. The van der Waals surface area contributed by atoms with Crippen molar-refractivity contribution in [2.75, 3.05) is 53.7 Å². The number of nitrogens with zero attached hydrogens (tertiary/aromatic N) is 3. The maximum Gasteiger partial charge on any atom is 0.338 e. The Bertz CT molecular complexity index is 1040. The van der Waals surface area contributed by atoms with Gasteiger partial charge in [-0.2, -0.15) is 0 Å². The molecule has 1 aliphatic heterocycles. The minimum atomic E-state index is -0.364. The van der Waals surface area contributed by atoms with E-state index in [1.54, 1.807) is 26.4 Å². The van der Waals surface area contributed by atoms with E-state index in [1.807, 2.05) is 12.4 Å². The molecule has 0 amide bonds. The number of carbonyl (C=O) groups excluding carboxylic acids is 1. The normalized spacial score (nSPS) is 15.3. The van der Waals surface area contributed by atoms with Gasteiger partial charge < -0.3 is 19.1 Å². The molecule has 2 heterocycles. The van der Waals surface area contributed by atoms with Crippen LogP contribution < -0.4 is 0 Å². The highest BCUT2D eigenvalue weighted by Crippen LogP contribution is 2.30. The summed E-state index contributed by atoms with van der Waals surface area (Å²) in [6, 6.07) is 14.2. The third-order valence-corrected chi connectivity index (χ3v) is 6.12. The number of benzene rings is 2. The minimum absolute atomic E-state index is 0.236. The predicted molar refractivity (Wildman–Crippen MR) is 124 cm³/mol. The lowest BCUT2D eigenvalue weighted by molar-refractivity contribution is 0.0388. The van der Waals surface area contributed by atoms with Crippen molar-refractivity contribution in [3.05, 3.63) is 59.9 Å². The molecule has 1 aromatic heterocycles. The van der Waals surface area contributed by atoms with E-state index in [0.29, 0.717) is 18.1 Å². The molecule has 2 aromatic carbocycles. The second-order valence-electron chi connectivity index (χ2n) is 8.15. The molecule has 1 fully saturated rings. The lowest BCUT2D eigenvalue weighted by atomic mass is 9.89. The first-order valence-corrected chi connectivity index (χ1v) is 11.1. The van der Waals surface area contributed by atoms with Crippen molar-refractivity contribution in [1.82, 2.24) is 14.5 Å². The van der Waals surface area contributed by atoms with E-state index in [-0.39, 0.29) is 12.6 Å². The predicted octanol–water partition coefficient (Wildman–Crippen LogP) is 3.65. The standard InChI is InChI=1S/C25H31N3O4/c1-30-13-12-27-10-8-19(9-11-27)20-4-3-5-22(16-20)28-18-26-23-17-21(6-7-24(23)28)25(29)32-15-14-31-2/h3-7,16-19H,8-15H2,1-2H3. The SMILES string of the molecule is COCCOC(=O)c1ccc2c(c1)ncn2-c1cccc(C2CCN(CCOC)CC2)c1. The van der Waals surface area contributed by atoms with E-state index in [1.165, 1.54) is 5.56 Å². The molecule has 170 valence electrons. The van der Waals surface area contributed by atoms with E-state index < -0.39 is 0 Å². The molecule has 0 radical (unpaired) electrons. The minimum Gasteiger partial charge on any atom is -0.460 e. The average Bonchev–Trinajstić information content (AvgIpc) is 3.26. The number of carbonyl (C=O) groups is 1. The molecule has 4 rings (SSSR count). The topological polar surface area (TPSA) is 65.8 Å². The molecule has 1 aliphatic rings. The van der Waals surface area contributed by atoms with Gasteiger partial charge in [-0.1, -0.05) is 12.1 Å². The molecular formula is C25H31N3O4. The van der Waals surface area contributed by atoms with E-state index in [2.05, 4.69) is 38.7 Å². The second kappa shape index (κ2) is 10.7. The fourth-order valence-electron chi connectivity index (χ4n) is 4.29. The fourth-order valence-corrected chi connectivity index (χ4v) is 4.29. The van der Waals surface area contributed by atoms with E-state index in [4.69, 9.17) is 14.2 Å². The largest absolute Gasteiger partial charge is 0.460 e. The Morgan fingerprint density at radius 3 is 2.62 bits per heavy atom. The summed E-state index contributed by atoms with van der Waals surface area (Å²) in [5.74, 6) is 0.203. The molecular weight excluding hydrogens is 406 g/mol. The maximum absolute atomic E-state index is 12.2. The zero-order valence-corrected chi connectivity index (χ0v) is 18.8. The van der Waals surface area contributed by atoms with Crippen LogP contribution in [0.2, 0.25) is 0 Å². The maximum atomic E-state index is 12.2. The molecule has 7 heteroatoms. The van der Waals surface area contributed by atoms with E-state index in [0.717, 1.165) is 55.8 Å². The van der Waals surface area contributed by atoms with E-state index >= 15 is 0 Å². The van der Waals surface area contributed by atoms with Gasteiger partial charge in [0.1, 0.15) is 12.9 Å². The van der Waals surface area contributed by atoms with Crippen LogP contribution in [0, 0.1) is 0 Å². The van der Waals surface area contributed by atoms with Gasteiger partial charge in [0.2, 0.25) is 0 Å². The Hall–Kier alpha value is -2.74. The van der Waals surface area contributed by atoms with Gasteiger partial charge in [0.05, 0.1) is 29.8 Å². The van der Waals surface area contributed by atoms with Crippen LogP contribution in [0.15, 0.2) is 48.8 Å². The van der Waals surface area contributed by atoms with Crippen molar-refractivity contribution in [2.24, 2.45) is 0 Å². The van der Waals surface area contributed by atoms with Crippen LogP contribution >= 0.6 is 0 Å². The number of piperidine rings is 1. The quantitative estimate of drug-likeness (QED) is 0.376. The summed E-state index contributed by atoms with van der Waals surface area (Å²) in [6.45, 7) is 4.63. The third kappa shape index (κ3) is 5.18. The number of hydrogen-bond acceptors (Lipinski definition) is 6. The summed E-state index contributed by atoms with van der Waals surface area (Å²) in [5, 5.41) is 0. The van der Waals surface area contributed by atoms with Crippen LogP contribution in [-0.2, 0) is 14.2 Å². The first kappa shape index (κ1) is 22.5. The Labute approximate surface area is 188 Å². The highest BCUT2D eigenvalue weighted by atomic mass is 16.6. The molecule has 7 nitrogen and oxygen atoms in total. The highest BCUT2D eigenvalue weighted by Gasteiger charge is 2.21. The molecule has 0 unspecified atom stereocenters. The highest BCUT2D eigenvalue weighted by molar-refractivity contribution is 5.94. The first-order chi connectivity index (χ1) is 15.7. The van der Waals surface area contributed by atoms with Gasteiger partial charge in [-0.15, -0.1) is 0 Å². The molecule has 1 saturated heterocycles. The van der Waals surface area contributed by atoms with Gasteiger partial charge in [-0.05, 0) is 67.7 Å². The second-order valence-corrected chi connectivity index (χ2v) is 8.15. The molecule has 3 aromatic rings. The molecule has 0 atom stereocenters. The number of ether oxygens (including phenoxy) is 3. The molecule has 0 spiro atoms. The smallest absolute Gasteiger partial charge is 0.338 e. The summed E-state index contributed by atoms with van der Waals surface area (Å²) in [5.41, 5.74) is 4.68. The number of esters is 1. The van der Waals surface area contributed by atoms with Crippen LogP contribution in [0.1, 0.15) is 34.7 Å². The zero-order valence-electron chi connectivity index (χ0n) is 18.8. The molecule has 32 heavy (non-hydrogen) atoms. The summed E-state index contributed by atoms with van der Waals surface area (Å²) >= 11 is 0. The number of aromatic nitrogens is 2. The summed E-state index contributed by atoms with van der Waals surface area (Å²) in [6.07, 6.45) is 4.13. The summed E-state index contributed by atoms with van der Waals surface area (Å²) < 4.78 is 17.4. The van der Waals surface area contributed by atoms with Crippen molar-refractivity contribution in [3.8, 4) is 5.69 Å². The Balaban J connectivity index is 1.48. The van der Waals surface area contributed by atoms with Crippen LogP contribution in [0.25, 0.3) is 16.7 Å². The third-order valence-electron chi connectivity index (χ3n) is 6.12.